The number of para-hydroxylation sites is 2. The maximum Gasteiger partial charge on any atom is 0.310 e. The highest BCUT2D eigenvalue weighted by Gasteiger charge is 2.47. The Bertz CT molecular complexity index is 1130. The first-order valence-corrected chi connectivity index (χ1v) is 8.77. The smallest absolute Gasteiger partial charge is 0.310 e. The maximum atomic E-state index is 13.1. The first-order valence-electron chi connectivity index (χ1n) is 8.77. The molecular weight excluding hydrogens is 344 g/mol. The molecule has 27 heavy (non-hydrogen) atoms. The summed E-state index contributed by atoms with van der Waals surface area (Å²) in [5, 5.41) is 12.0. The SMILES string of the molecule is CC(C)(C)OC(=O)CC1(O)c2ccccc2-n2c1nc1ccccc1c2=O. The van der Waals surface area contributed by atoms with Crippen molar-refractivity contribution in [2.75, 3.05) is 0 Å². The predicted molar refractivity (Wildman–Crippen MR) is 101 cm³/mol. The average Bonchev–Trinajstić information content (AvgIpc) is 2.83. The van der Waals surface area contributed by atoms with E-state index >= 15 is 0 Å². The Kier molecular flexibility index (Phi) is 3.71. The van der Waals surface area contributed by atoms with Crippen LogP contribution < -0.4 is 5.56 Å². The summed E-state index contributed by atoms with van der Waals surface area (Å²) in [5.41, 5.74) is -1.21. The second-order valence-electron chi connectivity index (χ2n) is 7.73. The van der Waals surface area contributed by atoms with E-state index in [1.165, 1.54) is 4.57 Å². The van der Waals surface area contributed by atoms with Crippen molar-refractivity contribution >= 4 is 16.9 Å². The Morgan fingerprint density at radius 2 is 1.81 bits per heavy atom. The number of aliphatic hydroxyl groups is 1. The first-order chi connectivity index (χ1) is 12.7. The van der Waals surface area contributed by atoms with Crippen molar-refractivity contribution in [1.82, 2.24) is 9.55 Å². The standard InChI is InChI=1S/C21H20N2O4/c1-20(2,3)27-17(24)12-21(26)14-9-5-7-11-16(14)23-18(25)13-8-4-6-10-15(13)22-19(21)23/h4-11,26H,12H2,1-3H3. The third-order valence-corrected chi connectivity index (χ3v) is 4.56. The molecule has 0 amide bonds. The van der Waals surface area contributed by atoms with Crippen LogP contribution in [0.3, 0.4) is 0 Å². The third-order valence-electron chi connectivity index (χ3n) is 4.56. The Morgan fingerprint density at radius 3 is 2.56 bits per heavy atom. The molecule has 0 fully saturated rings. The van der Waals surface area contributed by atoms with E-state index in [-0.39, 0.29) is 17.8 Å². The number of aromatic nitrogens is 2. The van der Waals surface area contributed by atoms with E-state index < -0.39 is 17.2 Å². The van der Waals surface area contributed by atoms with Crippen molar-refractivity contribution in [1.29, 1.82) is 0 Å². The lowest BCUT2D eigenvalue weighted by Crippen LogP contribution is -2.35. The van der Waals surface area contributed by atoms with E-state index in [0.717, 1.165) is 0 Å². The lowest BCUT2D eigenvalue weighted by atomic mass is 9.91. The molecule has 1 atom stereocenters. The zero-order valence-corrected chi connectivity index (χ0v) is 15.4. The quantitative estimate of drug-likeness (QED) is 0.707. The normalized spacial score (nSPS) is 18.2. The number of hydrogen-bond donors (Lipinski definition) is 1. The monoisotopic (exact) mass is 364 g/mol. The fourth-order valence-corrected chi connectivity index (χ4v) is 3.53. The van der Waals surface area contributed by atoms with Gasteiger partial charge in [-0.15, -0.1) is 0 Å². The highest BCUT2D eigenvalue weighted by molar-refractivity contribution is 5.80. The summed E-state index contributed by atoms with van der Waals surface area (Å²) < 4.78 is 6.79. The number of hydrogen-bond acceptors (Lipinski definition) is 5. The molecule has 0 spiro atoms. The van der Waals surface area contributed by atoms with Crippen LogP contribution in [-0.2, 0) is 15.1 Å². The molecule has 0 radical (unpaired) electrons. The van der Waals surface area contributed by atoms with Gasteiger partial charge in [-0.1, -0.05) is 30.3 Å². The summed E-state index contributed by atoms with van der Waals surface area (Å²) in [5.74, 6) is -0.422. The van der Waals surface area contributed by atoms with E-state index in [2.05, 4.69) is 4.98 Å². The van der Waals surface area contributed by atoms with Gasteiger partial charge < -0.3 is 9.84 Å². The van der Waals surface area contributed by atoms with Crippen LogP contribution in [0.2, 0.25) is 0 Å². The number of benzene rings is 2. The topological polar surface area (TPSA) is 81.4 Å². The lowest BCUT2D eigenvalue weighted by Gasteiger charge is -2.26. The zero-order chi connectivity index (χ0) is 19.4. The second kappa shape index (κ2) is 5.76. The van der Waals surface area contributed by atoms with Crippen molar-refractivity contribution in [3.63, 3.8) is 0 Å². The van der Waals surface area contributed by atoms with Crippen LogP contribution in [0.4, 0.5) is 0 Å². The molecule has 1 unspecified atom stereocenters. The summed E-state index contributed by atoms with van der Waals surface area (Å²) in [6.07, 6.45) is -0.327. The van der Waals surface area contributed by atoms with Gasteiger partial charge in [-0.2, -0.15) is 0 Å². The fourth-order valence-electron chi connectivity index (χ4n) is 3.53. The Morgan fingerprint density at radius 1 is 1.15 bits per heavy atom. The number of rotatable bonds is 2. The van der Waals surface area contributed by atoms with Gasteiger partial charge in [-0.3, -0.25) is 14.2 Å². The van der Waals surface area contributed by atoms with Crippen molar-refractivity contribution in [3.05, 3.63) is 70.3 Å². The van der Waals surface area contributed by atoms with E-state index in [0.29, 0.717) is 22.2 Å². The molecule has 1 aliphatic heterocycles. The second-order valence-corrected chi connectivity index (χ2v) is 7.73. The van der Waals surface area contributed by atoms with Crippen molar-refractivity contribution in [2.45, 2.75) is 38.4 Å². The number of carbonyl (C=O) groups is 1. The van der Waals surface area contributed by atoms with Crippen LogP contribution >= 0.6 is 0 Å². The molecule has 3 aromatic rings. The van der Waals surface area contributed by atoms with Crippen LogP contribution in [0.25, 0.3) is 16.6 Å². The number of esters is 1. The fraction of sp³-hybridized carbons (Fsp3) is 0.286. The average molecular weight is 364 g/mol. The summed E-state index contributed by atoms with van der Waals surface area (Å²) in [6.45, 7) is 5.30. The van der Waals surface area contributed by atoms with Gasteiger partial charge >= 0.3 is 5.97 Å². The third kappa shape index (κ3) is 2.73. The maximum absolute atomic E-state index is 13.1. The molecule has 0 saturated carbocycles. The molecule has 0 saturated heterocycles. The van der Waals surface area contributed by atoms with Crippen LogP contribution in [0.1, 0.15) is 38.6 Å². The minimum Gasteiger partial charge on any atom is -0.460 e. The van der Waals surface area contributed by atoms with E-state index in [1.54, 1.807) is 69.3 Å². The summed E-state index contributed by atoms with van der Waals surface area (Å²) in [4.78, 5) is 30.1. The van der Waals surface area contributed by atoms with Crippen LogP contribution in [-0.4, -0.2) is 26.2 Å². The minimum absolute atomic E-state index is 0.137. The Balaban J connectivity index is 1.95. The van der Waals surface area contributed by atoms with Gasteiger partial charge in [0.2, 0.25) is 0 Å². The number of nitrogens with zero attached hydrogens (tertiary/aromatic N) is 2. The summed E-state index contributed by atoms with van der Waals surface area (Å²) in [6, 6.07) is 14.0. The molecule has 138 valence electrons. The zero-order valence-electron chi connectivity index (χ0n) is 15.4. The molecule has 0 aliphatic carbocycles. The van der Waals surface area contributed by atoms with Crippen LogP contribution in [0.15, 0.2) is 53.3 Å². The molecule has 1 N–H and O–H groups in total. The van der Waals surface area contributed by atoms with Crippen LogP contribution in [0, 0.1) is 0 Å². The molecule has 2 heterocycles. The lowest BCUT2D eigenvalue weighted by molar-refractivity contribution is -0.159. The minimum atomic E-state index is -1.73. The molecule has 6 heteroatoms. The van der Waals surface area contributed by atoms with E-state index in [4.69, 9.17) is 4.74 Å². The van der Waals surface area contributed by atoms with E-state index in [9.17, 15) is 14.7 Å². The van der Waals surface area contributed by atoms with Crippen LogP contribution in [0.5, 0.6) is 0 Å². The molecule has 4 rings (SSSR count). The van der Waals surface area contributed by atoms with Crippen molar-refractivity contribution in [3.8, 4) is 5.69 Å². The van der Waals surface area contributed by atoms with E-state index in [1.807, 2.05) is 0 Å². The van der Waals surface area contributed by atoms with Gasteiger partial charge in [0.15, 0.2) is 11.4 Å². The number of ether oxygens (including phenoxy) is 1. The summed E-state index contributed by atoms with van der Waals surface area (Å²) >= 11 is 0. The molecular formula is C21H20N2O4. The molecule has 6 nitrogen and oxygen atoms in total. The molecule has 0 bridgehead atoms. The molecule has 1 aromatic heterocycles. The van der Waals surface area contributed by atoms with Crippen molar-refractivity contribution in [2.24, 2.45) is 0 Å². The molecule has 1 aliphatic rings. The van der Waals surface area contributed by atoms with Gasteiger partial charge in [0, 0.05) is 5.56 Å². The van der Waals surface area contributed by atoms with Gasteiger partial charge in [-0.25, -0.2) is 4.98 Å². The number of carbonyl (C=O) groups excluding carboxylic acids is 1. The van der Waals surface area contributed by atoms with Gasteiger partial charge in [0.1, 0.15) is 5.60 Å². The molecule has 2 aromatic carbocycles. The highest BCUT2D eigenvalue weighted by atomic mass is 16.6. The highest BCUT2D eigenvalue weighted by Crippen LogP contribution is 2.42. The first kappa shape index (κ1) is 17.4. The van der Waals surface area contributed by atoms with Gasteiger partial charge in [-0.05, 0) is 39.0 Å². The predicted octanol–water partition coefficient (Wildman–Crippen LogP) is 2.67. The number of fused-ring (bicyclic) bond motifs is 4. The summed E-state index contributed by atoms with van der Waals surface area (Å²) in [7, 11) is 0. The Labute approximate surface area is 156 Å². The van der Waals surface area contributed by atoms with Crippen molar-refractivity contribution < 1.29 is 14.6 Å². The Hall–Kier alpha value is -2.99. The van der Waals surface area contributed by atoms with Gasteiger partial charge in [0.25, 0.3) is 5.56 Å². The largest absolute Gasteiger partial charge is 0.460 e. The van der Waals surface area contributed by atoms with Gasteiger partial charge in [0.05, 0.1) is 23.0 Å².